The van der Waals surface area contributed by atoms with Crippen molar-refractivity contribution in [2.24, 2.45) is 0 Å². The summed E-state index contributed by atoms with van der Waals surface area (Å²) in [7, 11) is 0. The van der Waals surface area contributed by atoms with Gasteiger partial charge < -0.3 is 0 Å². The Hall–Kier alpha value is -1.41. The van der Waals surface area contributed by atoms with E-state index in [0.717, 1.165) is 0 Å². The Morgan fingerprint density at radius 2 is 1.40 bits per heavy atom. The molecule has 0 N–H and O–H groups in total. The van der Waals surface area contributed by atoms with Crippen LogP contribution in [0, 0.1) is 0 Å². The SMILES string of the molecule is Br.C=Cc1ccccc1.c1ccncc1. The van der Waals surface area contributed by atoms with Crippen LogP contribution in [0.5, 0.6) is 0 Å². The van der Waals surface area contributed by atoms with Crippen molar-refractivity contribution in [3.05, 3.63) is 73.1 Å². The molecule has 2 heteroatoms. The van der Waals surface area contributed by atoms with Gasteiger partial charge in [0, 0.05) is 12.4 Å². The van der Waals surface area contributed by atoms with Crippen molar-refractivity contribution in [3.8, 4) is 0 Å². The van der Waals surface area contributed by atoms with Crippen LogP contribution < -0.4 is 0 Å². The first-order chi connectivity index (χ1) is 6.93. The fourth-order valence-electron chi connectivity index (χ4n) is 0.902. The van der Waals surface area contributed by atoms with Gasteiger partial charge in [-0.15, -0.1) is 17.0 Å². The van der Waals surface area contributed by atoms with Crippen molar-refractivity contribution in [2.45, 2.75) is 0 Å². The molecule has 78 valence electrons. The third-order valence-corrected chi connectivity index (χ3v) is 1.60. The van der Waals surface area contributed by atoms with Gasteiger partial charge in [-0.2, -0.15) is 0 Å². The molecule has 0 aliphatic heterocycles. The lowest BCUT2D eigenvalue weighted by Gasteiger charge is -1.85. The van der Waals surface area contributed by atoms with Crippen LogP contribution in [0.3, 0.4) is 0 Å². The van der Waals surface area contributed by atoms with Crippen molar-refractivity contribution < 1.29 is 0 Å². The molecule has 1 aromatic heterocycles. The molecule has 1 aromatic carbocycles. The van der Waals surface area contributed by atoms with Crippen LogP contribution in [0.4, 0.5) is 0 Å². The first kappa shape index (κ1) is 13.6. The monoisotopic (exact) mass is 263 g/mol. The van der Waals surface area contributed by atoms with E-state index in [-0.39, 0.29) is 17.0 Å². The maximum absolute atomic E-state index is 3.78. The minimum absolute atomic E-state index is 0. The summed E-state index contributed by atoms with van der Waals surface area (Å²) in [6.07, 6.45) is 5.33. The highest BCUT2D eigenvalue weighted by Gasteiger charge is 1.75. The second-order valence-corrected chi connectivity index (χ2v) is 2.64. The molecule has 0 saturated heterocycles. The Labute approximate surface area is 101 Å². The van der Waals surface area contributed by atoms with Crippen molar-refractivity contribution in [3.63, 3.8) is 0 Å². The standard InChI is InChI=1S/C8H8.C5H5N.BrH/c1-2-8-6-4-3-5-7-8;1-2-4-6-5-3-1;/h2-7H,1H2;1-5H;1H. The zero-order valence-corrected chi connectivity index (χ0v) is 10.1. The van der Waals surface area contributed by atoms with Crippen molar-refractivity contribution >= 4 is 23.1 Å². The second kappa shape index (κ2) is 9.16. The van der Waals surface area contributed by atoms with E-state index in [0.29, 0.717) is 0 Å². The highest BCUT2D eigenvalue weighted by molar-refractivity contribution is 8.93. The summed E-state index contributed by atoms with van der Waals surface area (Å²) in [5.41, 5.74) is 1.17. The van der Waals surface area contributed by atoms with Gasteiger partial charge in [-0.1, -0.05) is 49.1 Å². The number of pyridine rings is 1. The molecular formula is C13H14BrN. The molecular weight excluding hydrogens is 250 g/mol. The molecule has 0 aliphatic carbocycles. The maximum Gasteiger partial charge on any atom is 0.0267 e. The van der Waals surface area contributed by atoms with Gasteiger partial charge in [-0.3, -0.25) is 4.98 Å². The molecule has 0 amide bonds. The van der Waals surface area contributed by atoms with Gasteiger partial charge in [0.25, 0.3) is 0 Å². The van der Waals surface area contributed by atoms with E-state index in [2.05, 4.69) is 11.6 Å². The first-order valence-electron chi connectivity index (χ1n) is 4.46. The minimum Gasteiger partial charge on any atom is -0.265 e. The molecule has 1 heterocycles. The second-order valence-electron chi connectivity index (χ2n) is 2.64. The van der Waals surface area contributed by atoms with E-state index in [1.807, 2.05) is 54.6 Å². The lowest BCUT2D eigenvalue weighted by atomic mass is 10.2. The highest BCUT2D eigenvalue weighted by Crippen LogP contribution is 1.97. The van der Waals surface area contributed by atoms with Crippen LogP contribution in [-0.2, 0) is 0 Å². The fourth-order valence-corrected chi connectivity index (χ4v) is 0.902. The van der Waals surface area contributed by atoms with Gasteiger partial charge in [0.1, 0.15) is 0 Å². The average molecular weight is 264 g/mol. The summed E-state index contributed by atoms with van der Waals surface area (Å²) in [6.45, 7) is 3.63. The quantitative estimate of drug-likeness (QED) is 0.758. The molecule has 15 heavy (non-hydrogen) atoms. The topological polar surface area (TPSA) is 12.9 Å². The van der Waals surface area contributed by atoms with Crippen LogP contribution in [0.25, 0.3) is 6.08 Å². The predicted octanol–water partition coefficient (Wildman–Crippen LogP) is 3.99. The normalized spacial score (nSPS) is 7.73. The van der Waals surface area contributed by atoms with E-state index in [1.54, 1.807) is 12.4 Å². The molecule has 2 rings (SSSR count). The number of nitrogens with zero attached hydrogens (tertiary/aromatic N) is 1. The number of benzene rings is 1. The Balaban J connectivity index is 0.000000253. The first-order valence-corrected chi connectivity index (χ1v) is 4.46. The average Bonchev–Trinajstić information content (AvgIpc) is 2.33. The van der Waals surface area contributed by atoms with Gasteiger partial charge in [0.2, 0.25) is 0 Å². The van der Waals surface area contributed by atoms with Crippen LogP contribution in [-0.4, -0.2) is 4.98 Å². The highest BCUT2D eigenvalue weighted by atomic mass is 79.9. The van der Waals surface area contributed by atoms with Gasteiger partial charge >= 0.3 is 0 Å². The predicted molar refractivity (Wildman–Crippen MR) is 71.1 cm³/mol. The summed E-state index contributed by atoms with van der Waals surface area (Å²) in [5.74, 6) is 0. The Morgan fingerprint density at radius 1 is 0.867 bits per heavy atom. The zero-order valence-electron chi connectivity index (χ0n) is 8.41. The van der Waals surface area contributed by atoms with Gasteiger partial charge in [-0.25, -0.2) is 0 Å². The van der Waals surface area contributed by atoms with Gasteiger partial charge in [0.15, 0.2) is 0 Å². The molecule has 2 aromatic rings. The van der Waals surface area contributed by atoms with E-state index >= 15 is 0 Å². The van der Waals surface area contributed by atoms with E-state index < -0.39 is 0 Å². The zero-order chi connectivity index (χ0) is 10.1. The summed E-state index contributed by atoms with van der Waals surface area (Å²) in [6, 6.07) is 15.7. The van der Waals surface area contributed by atoms with Crippen LogP contribution in [0.2, 0.25) is 0 Å². The molecule has 0 spiro atoms. The lowest BCUT2D eigenvalue weighted by Crippen LogP contribution is -1.63. The van der Waals surface area contributed by atoms with E-state index in [4.69, 9.17) is 0 Å². The van der Waals surface area contributed by atoms with E-state index in [1.165, 1.54) is 5.56 Å². The summed E-state index contributed by atoms with van der Waals surface area (Å²) < 4.78 is 0. The molecule has 0 aliphatic rings. The molecule has 0 fully saturated rings. The third kappa shape index (κ3) is 6.63. The molecule has 0 unspecified atom stereocenters. The Kier molecular flexibility index (Phi) is 8.30. The van der Waals surface area contributed by atoms with Crippen LogP contribution in [0.15, 0.2) is 67.5 Å². The summed E-state index contributed by atoms with van der Waals surface area (Å²) in [4.78, 5) is 3.78. The lowest BCUT2D eigenvalue weighted by molar-refractivity contribution is 1.33. The van der Waals surface area contributed by atoms with Crippen molar-refractivity contribution in [2.75, 3.05) is 0 Å². The van der Waals surface area contributed by atoms with Crippen LogP contribution in [0.1, 0.15) is 5.56 Å². The molecule has 0 bridgehead atoms. The smallest absolute Gasteiger partial charge is 0.0267 e. The summed E-state index contributed by atoms with van der Waals surface area (Å²) >= 11 is 0. The minimum atomic E-state index is 0. The third-order valence-electron chi connectivity index (χ3n) is 1.60. The number of aromatic nitrogens is 1. The number of hydrogen-bond donors (Lipinski definition) is 0. The molecule has 0 radical (unpaired) electrons. The Bertz CT molecular complexity index is 319. The number of hydrogen-bond acceptors (Lipinski definition) is 1. The number of halogens is 1. The van der Waals surface area contributed by atoms with Gasteiger partial charge in [0.05, 0.1) is 0 Å². The molecule has 1 nitrogen and oxygen atoms in total. The molecule has 0 saturated carbocycles. The number of rotatable bonds is 1. The molecule has 0 atom stereocenters. The summed E-state index contributed by atoms with van der Waals surface area (Å²) in [5, 5.41) is 0. The van der Waals surface area contributed by atoms with Crippen molar-refractivity contribution in [1.82, 2.24) is 4.98 Å². The Morgan fingerprint density at radius 3 is 1.67 bits per heavy atom. The van der Waals surface area contributed by atoms with Crippen molar-refractivity contribution in [1.29, 1.82) is 0 Å². The largest absolute Gasteiger partial charge is 0.265 e. The van der Waals surface area contributed by atoms with E-state index in [9.17, 15) is 0 Å². The maximum atomic E-state index is 3.78. The fraction of sp³-hybridized carbons (Fsp3) is 0. The van der Waals surface area contributed by atoms with Crippen LogP contribution >= 0.6 is 17.0 Å². The van der Waals surface area contributed by atoms with Gasteiger partial charge in [-0.05, 0) is 17.7 Å².